The van der Waals surface area contributed by atoms with E-state index in [2.05, 4.69) is 10.1 Å². The number of ether oxygens (including phenoxy) is 1. The molecule has 0 aliphatic heterocycles. The third kappa shape index (κ3) is 4.44. The number of carbonyl (C=O) groups excluding carboxylic acids is 2. The molecule has 0 aliphatic carbocycles. The minimum atomic E-state index is -4.00. The Kier molecular flexibility index (Phi) is 5.92. The minimum Gasteiger partial charge on any atom is -0.468 e. The highest BCUT2D eigenvalue weighted by atomic mass is 32.2. The van der Waals surface area contributed by atoms with Gasteiger partial charge in [-0.15, -0.1) is 0 Å². The Bertz CT molecular complexity index is 830. The van der Waals surface area contributed by atoms with Crippen molar-refractivity contribution in [2.45, 2.75) is 17.1 Å². The molecule has 134 valence electrons. The topological polar surface area (TPSA) is 103 Å². The smallest absolute Gasteiger partial charge is 0.396 e. The minimum absolute atomic E-state index is 0.0156. The van der Waals surface area contributed by atoms with Crippen molar-refractivity contribution < 1.29 is 31.6 Å². The average Bonchev–Trinajstić information content (AvgIpc) is 3.09. The van der Waals surface area contributed by atoms with Crippen LogP contribution < -0.4 is 5.32 Å². The van der Waals surface area contributed by atoms with Crippen LogP contribution in [-0.2, 0) is 24.2 Å². The van der Waals surface area contributed by atoms with Crippen LogP contribution in [0, 0.1) is 5.82 Å². The van der Waals surface area contributed by atoms with E-state index in [1.807, 2.05) is 0 Å². The number of furan rings is 1. The van der Waals surface area contributed by atoms with Crippen LogP contribution in [0.4, 0.5) is 4.39 Å². The van der Waals surface area contributed by atoms with Crippen LogP contribution in [0.15, 0.2) is 52.0 Å². The first-order valence-corrected chi connectivity index (χ1v) is 8.88. The number of rotatable bonds is 6. The average molecular weight is 369 g/mol. The molecule has 1 amide bonds. The highest BCUT2D eigenvalue weighted by Gasteiger charge is 2.32. The zero-order valence-electron chi connectivity index (χ0n) is 13.3. The van der Waals surface area contributed by atoms with E-state index in [-0.39, 0.29) is 17.3 Å². The standard InChI is InChI=1S/C16H16FNO6S/c1-2-23-16(20)15(19)18-10-14(13-4-3-9-24-13)25(21,22)12-7-5-11(17)6-8-12/h3-9,14H,2,10H2,1H3,(H,18,19). The number of nitrogens with one attached hydrogen (secondary N) is 1. The molecule has 0 radical (unpaired) electrons. The number of halogens is 1. The van der Waals surface area contributed by atoms with Crippen LogP contribution in [0.2, 0.25) is 0 Å². The number of hydrogen-bond donors (Lipinski definition) is 1. The van der Waals surface area contributed by atoms with E-state index < -0.39 is 39.3 Å². The third-order valence-electron chi connectivity index (χ3n) is 3.29. The lowest BCUT2D eigenvalue weighted by Crippen LogP contribution is -2.37. The van der Waals surface area contributed by atoms with Gasteiger partial charge in [-0.2, -0.15) is 0 Å². The summed E-state index contributed by atoms with van der Waals surface area (Å²) in [5.41, 5.74) is 0. The van der Waals surface area contributed by atoms with E-state index >= 15 is 0 Å². The fourth-order valence-corrected chi connectivity index (χ4v) is 3.67. The van der Waals surface area contributed by atoms with Gasteiger partial charge in [0.15, 0.2) is 9.84 Å². The summed E-state index contributed by atoms with van der Waals surface area (Å²) in [6.07, 6.45) is 1.29. The zero-order valence-corrected chi connectivity index (χ0v) is 14.1. The van der Waals surface area contributed by atoms with Crippen molar-refractivity contribution in [1.29, 1.82) is 0 Å². The van der Waals surface area contributed by atoms with E-state index in [1.54, 1.807) is 0 Å². The van der Waals surface area contributed by atoms with Gasteiger partial charge < -0.3 is 14.5 Å². The van der Waals surface area contributed by atoms with Gasteiger partial charge in [-0.3, -0.25) is 4.79 Å². The highest BCUT2D eigenvalue weighted by molar-refractivity contribution is 7.91. The molecular weight excluding hydrogens is 353 g/mol. The van der Waals surface area contributed by atoms with Gasteiger partial charge in [0.05, 0.1) is 17.8 Å². The fraction of sp³-hybridized carbons (Fsp3) is 0.250. The zero-order chi connectivity index (χ0) is 18.4. The fourth-order valence-electron chi connectivity index (χ4n) is 2.08. The Hall–Kier alpha value is -2.68. The second kappa shape index (κ2) is 7.93. The Balaban J connectivity index is 2.26. The molecule has 1 aromatic carbocycles. The molecule has 25 heavy (non-hydrogen) atoms. The quantitative estimate of drug-likeness (QED) is 0.471. The summed E-state index contributed by atoms with van der Waals surface area (Å²) in [6.45, 7) is 1.14. The number of sulfone groups is 1. The summed E-state index contributed by atoms with van der Waals surface area (Å²) < 4.78 is 48.3. The third-order valence-corrected chi connectivity index (χ3v) is 5.36. The van der Waals surface area contributed by atoms with E-state index in [4.69, 9.17) is 4.42 Å². The summed E-state index contributed by atoms with van der Waals surface area (Å²) in [5.74, 6) is -2.68. The molecule has 1 heterocycles. The van der Waals surface area contributed by atoms with Gasteiger partial charge >= 0.3 is 11.9 Å². The van der Waals surface area contributed by atoms with E-state index in [0.29, 0.717) is 0 Å². The largest absolute Gasteiger partial charge is 0.468 e. The lowest BCUT2D eigenvalue weighted by atomic mass is 10.3. The molecule has 1 atom stereocenters. The Morgan fingerprint density at radius 1 is 1.24 bits per heavy atom. The summed E-state index contributed by atoms with van der Waals surface area (Å²) >= 11 is 0. The predicted octanol–water partition coefficient (Wildman–Crippen LogP) is 1.61. The predicted molar refractivity (Wildman–Crippen MR) is 84.7 cm³/mol. The monoisotopic (exact) mass is 369 g/mol. The molecular formula is C16H16FNO6S. The van der Waals surface area contributed by atoms with Crippen molar-refractivity contribution >= 4 is 21.7 Å². The maximum absolute atomic E-state index is 13.0. The molecule has 7 nitrogen and oxygen atoms in total. The Morgan fingerprint density at radius 3 is 2.48 bits per heavy atom. The van der Waals surface area contributed by atoms with Gasteiger partial charge in [0.1, 0.15) is 16.8 Å². The van der Waals surface area contributed by atoms with Gasteiger partial charge in [-0.1, -0.05) is 0 Å². The molecule has 0 spiro atoms. The van der Waals surface area contributed by atoms with Crippen LogP contribution in [0.25, 0.3) is 0 Å². The molecule has 0 saturated heterocycles. The van der Waals surface area contributed by atoms with Crippen molar-refractivity contribution in [1.82, 2.24) is 5.32 Å². The van der Waals surface area contributed by atoms with Crippen LogP contribution >= 0.6 is 0 Å². The van der Waals surface area contributed by atoms with E-state index in [0.717, 1.165) is 24.3 Å². The number of esters is 1. The maximum Gasteiger partial charge on any atom is 0.396 e. The van der Waals surface area contributed by atoms with Crippen LogP contribution in [0.1, 0.15) is 17.9 Å². The van der Waals surface area contributed by atoms with Gasteiger partial charge in [-0.05, 0) is 43.3 Å². The van der Waals surface area contributed by atoms with Gasteiger partial charge in [-0.25, -0.2) is 17.6 Å². The molecule has 1 N–H and O–H groups in total. The van der Waals surface area contributed by atoms with Gasteiger partial charge in [0, 0.05) is 6.54 Å². The molecule has 2 rings (SSSR count). The number of hydrogen-bond acceptors (Lipinski definition) is 6. The first kappa shape index (κ1) is 18.7. The molecule has 9 heteroatoms. The first-order chi connectivity index (χ1) is 11.9. The summed E-state index contributed by atoms with van der Waals surface area (Å²) in [7, 11) is -4.00. The van der Waals surface area contributed by atoms with E-state index in [9.17, 15) is 22.4 Å². The molecule has 1 aromatic heterocycles. The van der Waals surface area contributed by atoms with Crippen molar-refractivity contribution in [3.8, 4) is 0 Å². The molecule has 0 bridgehead atoms. The van der Waals surface area contributed by atoms with Crippen molar-refractivity contribution in [3.05, 3.63) is 54.2 Å². The lowest BCUT2D eigenvalue weighted by Gasteiger charge is -2.16. The highest BCUT2D eigenvalue weighted by Crippen LogP contribution is 2.29. The lowest BCUT2D eigenvalue weighted by molar-refractivity contribution is -0.154. The van der Waals surface area contributed by atoms with Gasteiger partial charge in [0.25, 0.3) is 0 Å². The second-order valence-corrected chi connectivity index (χ2v) is 7.06. The molecule has 1 unspecified atom stereocenters. The van der Waals surface area contributed by atoms with Crippen molar-refractivity contribution in [2.75, 3.05) is 13.2 Å². The number of amides is 1. The van der Waals surface area contributed by atoms with Crippen LogP contribution in [0.3, 0.4) is 0 Å². The first-order valence-electron chi connectivity index (χ1n) is 7.34. The summed E-state index contributed by atoms with van der Waals surface area (Å²) in [4.78, 5) is 22.9. The SMILES string of the molecule is CCOC(=O)C(=O)NCC(c1ccco1)S(=O)(=O)c1ccc(F)cc1. The second-order valence-electron chi connectivity index (χ2n) is 4.93. The number of benzene rings is 1. The molecule has 0 aliphatic rings. The Labute approximate surface area is 143 Å². The Morgan fingerprint density at radius 2 is 1.92 bits per heavy atom. The van der Waals surface area contributed by atoms with Crippen molar-refractivity contribution in [2.24, 2.45) is 0 Å². The maximum atomic E-state index is 13.0. The summed E-state index contributed by atoms with van der Waals surface area (Å²) in [5, 5.41) is 0.930. The normalized spacial score (nSPS) is 12.4. The number of carbonyl (C=O) groups is 2. The molecule has 2 aromatic rings. The van der Waals surface area contributed by atoms with Gasteiger partial charge in [0.2, 0.25) is 0 Å². The van der Waals surface area contributed by atoms with Crippen molar-refractivity contribution in [3.63, 3.8) is 0 Å². The van der Waals surface area contributed by atoms with Crippen LogP contribution in [0.5, 0.6) is 0 Å². The molecule has 0 saturated carbocycles. The molecule has 0 fully saturated rings. The van der Waals surface area contributed by atoms with Crippen LogP contribution in [-0.4, -0.2) is 33.4 Å². The van der Waals surface area contributed by atoms with E-state index in [1.165, 1.54) is 25.3 Å². The summed E-state index contributed by atoms with van der Waals surface area (Å²) in [6, 6.07) is 7.20.